The molecule has 1 atom stereocenters. The molecule has 2 aromatic rings. The summed E-state index contributed by atoms with van der Waals surface area (Å²) in [6, 6.07) is 9.17. The molecule has 0 amide bonds. The van der Waals surface area contributed by atoms with Crippen LogP contribution >= 0.6 is 0 Å². The first kappa shape index (κ1) is 23.2. The van der Waals surface area contributed by atoms with Crippen LogP contribution in [0.3, 0.4) is 0 Å². The van der Waals surface area contributed by atoms with Crippen molar-refractivity contribution in [2.75, 3.05) is 25.1 Å². The maximum absolute atomic E-state index is 12.7. The molecule has 1 aliphatic heterocycles. The predicted octanol–water partition coefficient (Wildman–Crippen LogP) is 2.57. The quantitative estimate of drug-likeness (QED) is 0.471. The van der Waals surface area contributed by atoms with Crippen molar-refractivity contribution in [1.29, 1.82) is 0 Å². The number of pyridine rings is 1. The third-order valence-corrected chi connectivity index (χ3v) is 4.86. The normalized spacial score (nSPS) is 14.2. The Morgan fingerprint density at radius 2 is 1.88 bits per heavy atom. The van der Waals surface area contributed by atoms with Gasteiger partial charge in [0.25, 0.3) is 0 Å². The van der Waals surface area contributed by atoms with Crippen molar-refractivity contribution in [3.8, 4) is 41.6 Å². The van der Waals surface area contributed by atoms with E-state index in [1.807, 2.05) is 31.2 Å². The second-order valence-electron chi connectivity index (χ2n) is 6.99. The number of carbonyl (C=O) groups is 2. The average molecular weight is 445 g/mol. The molecule has 8 nitrogen and oxygen atoms in total. The molecule has 0 bridgehead atoms. The van der Waals surface area contributed by atoms with Crippen molar-refractivity contribution in [1.82, 2.24) is 4.98 Å². The van der Waals surface area contributed by atoms with Gasteiger partial charge in [-0.25, -0.2) is 9.78 Å². The molecule has 2 heterocycles. The van der Waals surface area contributed by atoms with Gasteiger partial charge in [0, 0.05) is 24.2 Å². The van der Waals surface area contributed by atoms with E-state index in [0.717, 1.165) is 23.5 Å². The Morgan fingerprint density at radius 1 is 1.15 bits per heavy atom. The fraction of sp³-hybridized carbons (Fsp3) is 0.240. The minimum atomic E-state index is -0.778. The summed E-state index contributed by atoms with van der Waals surface area (Å²) in [4.78, 5) is 29.4. The molecule has 0 radical (unpaired) electrons. The Kier molecular flexibility index (Phi) is 7.56. The van der Waals surface area contributed by atoms with Crippen molar-refractivity contribution < 1.29 is 23.8 Å². The molecule has 33 heavy (non-hydrogen) atoms. The topological polar surface area (TPSA) is 113 Å². The SMILES string of the molecule is C#CCOC(=O)CC1C(C(=O)OCC#C)=C(N)Oc2ccc(-c3ccnc(NCC)c3)cc21. The lowest BCUT2D eigenvalue weighted by molar-refractivity contribution is -0.142. The summed E-state index contributed by atoms with van der Waals surface area (Å²) in [6.45, 7) is 2.27. The molecule has 0 aliphatic carbocycles. The minimum Gasteiger partial charge on any atom is -0.452 e. The van der Waals surface area contributed by atoms with E-state index in [2.05, 4.69) is 22.1 Å². The Balaban J connectivity index is 2.04. The Bertz CT molecular complexity index is 1170. The Labute approximate surface area is 192 Å². The van der Waals surface area contributed by atoms with Crippen LogP contribution in [-0.4, -0.2) is 36.7 Å². The fourth-order valence-electron chi connectivity index (χ4n) is 3.47. The molecule has 1 aromatic carbocycles. The summed E-state index contributed by atoms with van der Waals surface area (Å²) in [7, 11) is 0. The molecule has 168 valence electrons. The van der Waals surface area contributed by atoms with Gasteiger partial charge in [-0.1, -0.05) is 17.9 Å². The number of aromatic nitrogens is 1. The molecule has 3 rings (SSSR count). The summed E-state index contributed by atoms with van der Waals surface area (Å²) < 4.78 is 15.8. The van der Waals surface area contributed by atoms with Crippen LogP contribution in [0.4, 0.5) is 5.82 Å². The number of hydrogen-bond donors (Lipinski definition) is 2. The van der Waals surface area contributed by atoms with Crippen LogP contribution in [0.2, 0.25) is 0 Å². The van der Waals surface area contributed by atoms with Crippen molar-refractivity contribution in [3.63, 3.8) is 0 Å². The number of esters is 2. The summed E-state index contributed by atoms with van der Waals surface area (Å²) in [6.07, 6.45) is 11.9. The van der Waals surface area contributed by atoms with Crippen molar-refractivity contribution in [2.24, 2.45) is 5.73 Å². The smallest absolute Gasteiger partial charge is 0.341 e. The molecule has 8 heteroatoms. The standard InChI is InChI=1S/C25H23N3O5/c1-4-11-31-22(29)15-19-18-13-16(17-9-10-28-21(14-17)27-6-3)7-8-20(18)33-24(26)23(19)25(30)32-12-5-2/h1-2,7-10,13-14,19H,6,11-12,15,26H2,3H3,(H,27,28). The van der Waals surface area contributed by atoms with Gasteiger partial charge in [-0.15, -0.1) is 12.8 Å². The van der Waals surface area contributed by atoms with Gasteiger partial charge in [-0.3, -0.25) is 4.79 Å². The first-order chi connectivity index (χ1) is 16.0. The van der Waals surface area contributed by atoms with Gasteiger partial charge in [0.15, 0.2) is 13.2 Å². The minimum absolute atomic E-state index is 0.00405. The lowest BCUT2D eigenvalue weighted by Gasteiger charge is -2.28. The number of fused-ring (bicyclic) bond motifs is 1. The second-order valence-corrected chi connectivity index (χ2v) is 6.99. The van der Waals surface area contributed by atoms with Gasteiger partial charge in [-0.05, 0) is 42.3 Å². The molecule has 0 saturated heterocycles. The number of anilines is 1. The first-order valence-corrected chi connectivity index (χ1v) is 10.2. The van der Waals surface area contributed by atoms with Gasteiger partial charge < -0.3 is 25.3 Å². The lowest BCUT2D eigenvalue weighted by atomic mass is 9.84. The van der Waals surface area contributed by atoms with Crippen molar-refractivity contribution in [3.05, 3.63) is 53.5 Å². The van der Waals surface area contributed by atoms with E-state index in [1.165, 1.54) is 0 Å². The molecule has 0 spiro atoms. The maximum atomic E-state index is 12.7. The van der Waals surface area contributed by atoms with E-state index in [9.17, 15) is 9.59 Å². The van der Waals surface area contributed by atoms with Gasteiger partial charge in [-0.2, -0.15) is 0 Å². The highest BCUT2D eigenvalue weighted by Gasteiger charge is 2.36. The number of nitrogens with two attached hydrogens (primary N) is 1. The monoisotopic (exact) mass is 445 g/mol. The highest BCUT2D eigenvalue weighted by molar-refractivity contribution is 5.93. The van der Waals surface area contributed by atoms with Crippen LogP contribution < -0.4 is 15.8 Å². The number of carbonyl (C=O) groups excluding carboxylic acids is 2. The molecular formula is C25H23N3O5. The zero-order valence-electron chi connectivity index (χ0n) is 18.1. The van der Waals surface area contributed by atoms with E-state index < -0.39 is 17.9 Å². The largest absolute Gasteiger partial charge is 0.452 e. The van der Waals surface area contributed by atoms with E-state index >= 15 is 0 Å². The van der Waals surface area contributed by atoms with Crippen LogP contribution in [-0.2, 0) is 19.1 Å². The van der Waals surface area contributed by atoms with Crippen molar-refractivity contribution >= 4 is 17.8 Å². The predicted molar refractivity (Wildman–Crippen MR) is 123 cm³/mol. The van der Waals surface area contributed by atoms with Crippen LogP contribution in [0, 0.1) is 24.7 Å². The van der Waals surface area contributed by atoms with Crippen LogP contribution in [0.1, 0.15) is 24.8 Å². The summed E-state index contributed by atoms with van der Waals surface area (Å²) >= 11 is 0. The molecule has 3 N–H and O–H groups in total. The fourth-order valence-corrected chi connectivity index (χ4v) is 3.47. The molecule has 1 aliphatic rings. The lowest BCUT2D eigenvalue weighted by Crippen LogP contribution is -2.28. The third kappa shape index (κ3) is 5.44. The number of nitrogens with zero attached hydrogens (tertiary/aromatic N) is 1. The summed E-state index contributed by atoms with van der Waals surface area (Å²) in [5.41, 5.74) is 8.33. The second kappa shape index (κ2) is 10.7. The molecule has 1 unspecified atom stereocenters. The van der Waals surface area contributed by atoms with E-state index in [4.69, 9.17) is 32.8 Å². The number of benzene rings is 1. The number of terminal acetylenes is 2. The molecule has 1 aromatic heterocycles. The van der Waals surface area contributed by atoms with Gasteiger partial charge in [0.05, 0.1) is 6.42 Å². The van der Waals surface area contributed by atoms with E-state index in [0.29, 0.717) is 11.3 Å². The molecular weight excluding hydrogens is 422 g/mol. The van der Waals surface area contributed by atoms with Gasteiger partial charge in [0.1, 0.15) is 17.1 Å². The zero-order valence-corrected chi connectivity index (χ0v) is 18.1. The molecule has 0 saturated carbocycles. The van der Waals surface area contributed by atoms with E-state index in [-0.39, 0.29) is 31.1 Å². The van der Waals surface area contributed by atoms with E-state index in [1.54, 1.807) is 12.3 Å². The van der Waals surface area contributed by atoms with Crippen LogP contribution in [0.15, 0.2) is 48.0 Å². The number of rotatable bonds is 8. The molecule has 0 fully saturated rings. The summed E-state index contributed by atoms with van der Waals surface area (Å²) in [5, 5.41) is 3.17. The zero-order chi connectivity index (χ0) is 23.8. The van der Waals surface area contributed by atoms with Gasteiger partial charge >= 0.3 is 11.9 Å². The highest BCUT2D eigenvalue weighted by Crippen LogP contribution is 2.42. The maximum Gasteiger partial charge on any atom is 0.341 e. The van der Waals surface area contributed by atoms with Crippen LogP contribution in [0.25, 0.3) is 11.1 Å². The average Bonchev–Trinajstić information content (AvgIpc) is 2.81. The number of nitrogens with one attached hydrogen (secondary N) is 1. The third-order valence-electron chi connectivity index (χ3n) is 4.86. The van der Waals surface area contributed by atoms with Gasteiger partial charge in [0.2, 0.25) is 5.88 Å². The highest BCUT2D eigenvalue weighted by atomic mass is 16.5. The number of hydrogen-bond acceptors (Lipinski definition) is 8. The first-order valence-electron chi connectivity index (χ1n) is 10.2. The summed E-state index contributed by atoms with van der Waals surface area (Å²) in [5.74, 6) is 3.31. The number of ether oxygens (including phenoxy) is 3. The van der Waals surface area contributed by atoms with Crippen molar-refractivity contribution in [2.45, 2.75) is 19.3 Å². The van der Waals surface area contributed by atoms with Crippen LogP contribution in [0.5, 0.6) is 5.75 Å². The Hall–Kier alpha value is -4.43. The Morgan fingerprint density at radius 3 is 2.61 bits per heavy atom.